The number of rotatable bonds is 7. The molecule has 0 N–H and O–H groups in total. The van der Waals surface area contributed by atoms with Crippen molar-refractivity contribution in [2.75, 3.05) is 38.2 Å². The Kier molecular flexibility index (Phi) is 6.87. The molecule has 0 aliphatic carbocycles. The van der Waals surface area contributed by atoms with E-state index in [1.807, 2.05) is 0 Å². The molecule has 0 saturated carbocycles. The fourth-order valence-corrected chi connectivity index (χ4v) is 5.08. The van der Waals surface area contributed by atoms with Crippen molar-refractivity contribution in [1.29, 1.82) is 0 Å². The zero-order valence-electron chi connectivity index (χ0n) is 17.6. The van der Waals surface area contributed by atoms with E-state index in [2.05, 4.69) is 6.92 Å². The molecule has 0 radical (unpaired) electrons. The molecule has 1 fully saturated rings. The standard InChI is InChI=1S/C22H28N2O5S/c1-17-8-7-13-23(15-17)22(25)16-24(18-9-5-4-6-10-18)30(26,27)19-11-12-20(28-2)21(14-19)29-3/h4-6,9-12,14,17H,7-8,13,15-16H2,1-3H3. The average Bonchev–Trinajstić information content (AvgIpc) is 2.77. The number of sulfonamides is 1. The van der Waals surface area contributed by atoms with Gasteiger partial charge in [-0.15, -0.1) is 0 Å². The Labute approximate surface area is 178 Å². The molecule has 0 bridgehead atoms. The van der Waals surface area contributed by atoms with Crippen molar-refractivity contribution < 1.29 is 22.7 Å². The third kappa shape index (κ3) is 4.70. The second-order valence-electron chi connectivity index (χ2n) is 7.45. The van der Waals surface area contributed by atoms with Crippen molar-refractivity contribution in [1.82, 2.24) is 4.90 Å². The number of benzene rings is 2. The predicted octanol–water partition coefficient (Wildman–Crippen LogP) is 3.16. The van der Waals surface area contributed by atoms with Crippen LogP contribution in [-0.2, 0) is 14.8 Å². The molecule has 1 amide bonds. The summed E-state index contributed by atoms with van der Waals surface area (Å²) in [6.45, 7) is 3.16. The summed E-state index contributed by atoms with van der Waals surface area (Å²) in [5, 5.41) is 0. The molecule has 1 aliphatic rings. The zero-order chi connectivity index (χ0) is 21.7. The molecule has 1 saturated heterocycles. The smallest absolute Gasteiger partial charge is 0.264 e. The molecule has 2 aromatic carbocycles. The van der Waals surface area contributed by atoms with Crippen LogP contribution in [0.5, 0.6) is 11.5 Å². The van der Waals surface area contributed by atoms with E-state index >= 15 is 0 Å². The van der Waals surface area contributed by atoms with E-state index in [0.29, 0.717) is 36.2 Å². The van der Waals surface area contributed by atoms with E-state index in [-0.39, 0.29) is 17.3 Å². The summed E-state index contributed by atoms with van der Waals surface area (Å²) in [7, 11) is -1.07. The number of hydrogen-bond acceptors (Lipinski definition) is 5. The van der Waals surface area contributed by atoms with Crippen LogP contribution < -0.4 is 13.8 Å². The highest BCUT2D eigenvalue weighted by atomic mass is 32.2. The van der Waals surface area contributed by atoms with E-state index in [9.17, 15) is 13.2 Å². The first-order valence-electron chi connectivity index (χ1n) is 9.94. The summed E-state index contributed by atoms with van der Waals surface area (Å²) < 4.78 is 38.7. The Bertz CT molecular complexity index is 978. The van der Waals surface area contributed by atoms with Crippen molar-refractivity contribution in [3.8, 4) is 11.5 Å². The first kappa shape index (κ1) is 22.0. The van der Waals surface area contributed by atoms with Gasteiger partial charge in [0.1, 0.15) is 6.54 Å². The highest BCUT2D eigenvalue weighted by Crippen LogP contribution is 2.32. The van der Waals surface area contributed by atoms with Crippen molar-refractivity contribution in [3.05, 3.63) is 48.5 Å². The molecule has 30 heavy (non-hydrogen) atoms. The molecule has 7 nitrogen and oxygen atoms in total. The molecule has 8 heteroatoms. The van der Waals surface area contributed by atoms with Crippen LogP contribution >= 0.6 is 0 Å². The summed E-state index contributed by atoms with van der Waals surface area (Å²) in [4.78, 5) is 14.8. The number of carbonyl (C=O) groups is 1. The molecule has 2 aromatic rings. The van der Waals surface area contributed by atoms with Crippen LogP contribution in [-0.4, -0.2) is 53.1 Å². The molecule has 162 valence electrons. The largest absolute Gasteiger partial charge is 0.493 e. The fraction of sp³-hybridized carbons (Fsp3) is 0.409. The summed E-state index contributed by atoms with van der Waals surface area (Å²) in [6.07, 6.45) is 2.01. The van der Waals surface area contributed by atoms with Gasteiger partial charge in [0, 0.05) is 19.2 Å². The van der Waals surface area contributed by atoms with Crippen molar-refractivity contribution in [2.45, 2.75) is 24.7 Å². The molecular formula is C22H28N2O5S. The van der Waals surface area contributed by atoms with E-state index in [1.165, 1.54) is 26.4 Å². The van der Waals surface area contributed by atoms with Crippen molar-refractivity contribution in [3.63, 3.8) is 0 Å². The van der Waals surface area contributed by atoms with Crippen LogP contribution in [0.2, 0.25) is 0 Å². The second-order valence-corrected chi connectivity index (χ2v) is 9.31. The number of amides is 1. The monoisotopic (exact) mass is 432 g/mol. The molecule has 0 aromatic heterocycles. The van der Waals surface area contributed by atoms with Gasteiger partial charge in [0.15, 0.2) is 11.5 Å². The van der Waals surface area contributed by atoms with Gasteiger partial charge in [0.25, 0.3) is 10.0 Å². The Hall–Kier alpha value is -2.74. The van der Waals surface area contributed by atoms with Gasteiger partial charge in [-0.2, -0.15) is 0 Å². The minimum Gasteiger partial charge on any atom is -0.493 e. The van der Waals surface area contributed by atoms with Crippen molar-refractivity contribution >= 4 is 21.6 Å². The second kappa shape index (κ2) is 9.38. The zero-order valence-corrected chi connectivity index (χ0v) is 18.4. The molecule has 1 atom stereocenters. The van der Waals surface area contributed by atoms with Gasteiger partial charge in [-0.1, -0.05) is 25.1 Å². The Balaban J connectivity index is 1.97. The lowest BCUT2D eigenvalue weighted by Crippen LogP contribution is -2.46. The molecule has 1 aliphatic heterocycles. The minimum atomic E-state index is -4.01. The van der Waals surface area contributed by atoms with E-state index in [0.717, 1.165) is 17.1 Å². The minimum absolute atomic E-state index is 0.0313. The van der Waals surface area contributed by atoms with Gasteiger partial charge in [-0.05, 0) is 43.0 Å². The number of piperidine rings is 1. The van der Waals surface area contributed by atoms with Gasteiger partial charge >= 0.3 is 0 Å². The summed E-state index contributed by atoms with van der Waals surface area (Å²) in [5.41, 5.74) is 0.436. The maximum atomic E-state index is 13.5. The number of anilines is 1. The molecule has 1 unspecified atom stereocenters. The maximum Gasteiger partial charge on any atom is 0.264 e. The average molecular weight is 433 g/mol. The fourth-order valence-electron chi connectivity index (χ4n) is 3.65. The van der Waals surface area contributed by atoms with Crippen LogP contribution in [0, 0.1) is 5.92 Å². The van der Waals surface area contributed by atoms with Crippen LogP contribution in [0.1, 0.15) is 19.8 Å². The summed E-state index contributed by atoms with van der Waals surface area (Å²) in [5.74, 6) is 0.952. The van der Waals surface area contributed by atoms with E-state index in [1.54, 1.807) is 41.3 Å². The highest BCUT2D eigenvalue weighted by molar-refractivity contribution is 7.92. The number of ether oxygens (including phenoxy) is 2. The maximum absolute atomic E-state index is 13.5. The molecule has 0 spiro atoms. The summed E-state index contributed by atoms with van der Waals surface area (Å²) >= 11 is 0. The normalized spacial score (nSPS) is 16.8. The third-order valence-corrected chi connectivity index (χ3v) is 7.05. The number of carbonyl (C=O) groups excluding carboxylic acids is 1. The van der Waals surface area contributed by atoms with Crippen LogP contribution in [0.25, 0.3) is 0 Å². The Morgan fingerprint density at radius 1 is 1.10 bits per heavy atom. The van der Waals surface area contributed by atoms with Crippen LogP contribution in [0.3, 0.4) is 0 Å². The number of para-hydroxylation sites is 1. The molecule has 1 heterocycles. The lowest BCUT2D eigenvalue weighted by atomic mass is 10.0. The SMILES string of the molecule is COc1ccc(S(=O)(=O)N(CC(=O)N2CCCC(C)C2)c2ccccc2)cc1OC. The predicted molar refractivity (Wildman–Crippen MR) is 115 cm³/mol. The molecular weight excluding hydrogens is 404 g/mol. The first-order valence-corrected chi connectivity index (χ1v) is 11.4. The van der Waals surface area contributed by atoms with Crippen molar-refractivity contribution in [2.24, 2.45) is 5.92 Å². The third-order valence-electron chi connectivity index (χ3n) is 5.28. The van der Waals surface area contributed by atoms with Crippen LogP contribution in [0.4, 0.5) is 5.69 Å². The first-order chi connectivity index (χ1) is 14.4. The lowest BCUT2D eigenvalue weighted by Gasteiger charge is -2.33. The molecule has 3 rings (SSSR count). The van der Waals surface area contributed by atoms with Gasteiger partial charge in [-0.25, -0.2) is 8.42 Å². The van der Waals surface area contributed by atoms with Crippen LogP contribution in [0.15, 0.2) is 53.4 Å². The van der Waals surface area contributed by atoms with Gasteiger partial charge in [-0.3, -0.25) is 9.10 Å². The lowest BCUT2D eigenvalue weighted by molar-refractivity contribution is -0.131. The van der Waals surface area contributed by atoms with Gasteiger partial charge in [0.2, 0.25) is 5.91 Å². The van der Waals surface area contributed by atoms with E-state index in [4.69, 9.17) is 9.47 Å². The highest BCUT2D eigenvalue weighted by Gasteiger charge is 2.31. The number of hydrogen-bond donors (Lipinski definition) is 0. The van der Waals surface area contributed by atoms with Gasteiger partial charge in [0.05, 0.1) is 24.8 Å². The van der Waals surface area contributed by atoms with E-state index < -0.39 is 10.0 Å². The van der Waals surface area contributed by atoms with Gasteiger partial charge < -0.3 is 14.4 Å². The topological polar surface area (TPSA) is 76.2 Å². The quantitative estimate of drug-likeness (QED) is 0.672. The number of methoxy groups -OCH3 is 2. The Morgan fingerprint density at radius 3 is 2.43 bits per heavy atom. The Morgan fingerprint density at radius 2 is 1.80 bits per heavy atom. The number of likely N-dealkylation sites (tertiary alicyclic amines) is 1. The number of nitrogens with zero attached hydrogens (tertiary/aromatic N) is 2. The summed E-state index contributed by atoms with van der Waals surface area (Å²) in [6, 6.07) is 13.1.